The van der Waals surface area contributed by atoms with Crippen molar-refractivity contribution in [1.82, 2.24) is 16.0 Å². The van der Waals surface area contributed by atoms with Crippen LogP contribution in [0, 0.1) is 0 Å². The molecule has 7 rings (SSSR count). The lowest BCUT2D eigenvalue weighted by atomic mass is 9.99. The van der Waals surface area contributed by atoms with Gasteiger partial charge in [0, 0.05) is 16.7 Å². The summed E-state index contributed by atoms with van der Waals surface area (Å²) in [5.41, 5.74) is -2.01. The van der Waals surface area contributed by atoms with Gasteiger partial charge in [-0.1, -0.05) is 0 Å². The lowest BCUT2D eigenvalue weighted by Gasteiger charge is -2.41. The van der Waals surface area contributed by atoms with E-state index < -0.39 is 316 Å². The highest BCUT2D eigenvalue weighted by Crippen LogP contribution is 2.29. The molecule has 96 heavy (non-hydrogen) atoms. The Morgan fingerprint density at radius 1 is 0.271 bits per heavy atom. The summed E-state index contributed by atoms with van der Waals surface area (Å²) in [6.07, 6.45) is -55.9. The second-order valence-corrected chi connectivity index (χ2v) is 23.5. The quantitative estimate of drug-likeness (QED) is 0.0340. The van der Waals surface area contributed by atoms with Crippen molar-refractivity contribution in [2.75, 3.05) is 79.3 Å². The molecule has 6 saturated heterocycles. The number of carbonyl (C=O) groups is 3. The number of carbonyl (C=O) groups excluding carboxylic acids is 3. The summed E-state index contributed by atoms with van der Waals surface area (Å²) in [7, 11) is 0. The van der Waals surface area contributed by atoms with E-state index in [-0.39, 0.29) is 0 Å². The highest BCUT2D eigenvalue weighted by Gasteiger charge is 2.50. The van der Waals surface area contributed by atoms with Crippen LogP contribution in [0.3, 0.4) is 0 Å². The van der Waals surface area contributed by atoms with E-state index in [1.807, 2.05) is 0 Å². The van der Waals surface area contributed by atoms with Crippen molar-refractivity contribution in [1.29, 1.82) is 0 Å². The van der Waals surface area contributed by atoms with Crippen LogP contribution in [0.4, 0.5) is 0 Å². The molecule has 27 N–H and O–H groups in total. The third kappa shape index (κ3) is 19.0. The molecule has 0 spiro atoms. The molecule has 1 aromatic rings. The maximum atomic E-state index is 14.8. The van der Waals surface area contributed by atoms with Gasteiger partial charge in [0.25, 0.3) is 17.7 Å². The van der Waals surface area contributed by atoms with Gasteiger partial charge in [0.15, 0.2) is 37.7 Å². The van der Waals surface area contributed by atoms with Gasteiger partial charge in [-0.25, -0.2) is 0 Å². The summed E-state index contributed by atoms with van der Waals surface area (Å²) in [6.45, 7) is -10.7. The molecule has 0 bridgehead atoms. The van der Waals surface area contributed by atoms with E-state index >= 15 is 0 Å². The van der Waals surface area contributed by atoms with Crippen molar-refractivity contribution >= 4 is 17.7 Å². The highest BCUT2D eigenvalue weighted by atomic mass is 16.7. The summed E-state index contributed by atoms with van der Waals surface area (Å²) in [4.78, 5) is 44.4. The van der Waals surface area contributed by atoms with Crippen molar-refractivity contribution in [3.63, 3.8) is 0 Å². The van der Waals surface area contributed by atoms with E-state index in [0.29, 0.717) is 0 Å². The molecule has 0 saturated carbocycles. The number of nitrogens with one attached hydrogen (secondary N) is 3. The first kappa shape index (κ1) is 79.5. The summed E-state index contributed by atoms with van der Waals surface area (Å²) in [5, 5.41) is 256. The lowest BCUT2D eigenvalue weighted by Crippen LogP contribution is -2.60. The lowest BCUT2D eigenvalue weighted by molar-refractivity contribution is -0.309. The van der Waals surface area contributed by atoms with Gasteiger partial charge in [-0.3, -0.25) is 14.4 Å². The molecule has 6 fully saturated rings. The van der Waals surface area contributed by atoms with Crippen LogP contribution in [0.15, 0.2) is 18.2 Å². The van der Waals surface area contributed by atoms with Gasteiger partial charge in [0.1, 0.15) is 146 Å². The monoisotopic (exact) mass is 1400 g/mol. The van der Waals surface area contributed by atoms with Crippen molar-refractivity contribution in [3.8, 4) is 0 Å². The number of hydrogen-bond donors (Lipinski definition) is 27. The minimum atomic E-state index is -2.04. The number of aliphatic hydroxyl groups excluding tert-OH is 24. The van der Waals surface area contributed by atoms with E-state index in [1.165, 1.54) is 0 Å². The largest absolute Gasteiger partial charge is 0.394 e. The van der Waals surface area contributed by atoms with E-state index in [1.54, 1.807) is 0 Å². The first-order valence-electron chi connectivity index (χ1n) is 30.1. The fourth-order valence-electron chi connectivity index (χ4n) is 10.7. The molecule has 6 aliphatic rings. The van der Waals surface area contributed by atoms with Crippen LogP contribution in [0.25, 0.3) is 0 Å². The van der Waals surface area contributed by atoms with Gasteiger partial charge in [-0.15, -0.1) is 0 Å². The van der Waals surface area contributed by atoms with Crippen LogP contribution >= 0.6 is 0 Å². The Balaban J connectivity index is 1.25. The number of benzene rings is 1. The van der Waals surface area contributed by atoms with Gasteiger partial charge in [-0.2, -0.15) is 0 Å². The van der Waals surface area contributed by atoms with Gasteiger partial charge in [-0.05, 0) is 18.2 Å². The Bertz CT molecular complexity index is 2170. The molecule has 0 unspecified atom stereocenters. The summed E-state index contributed by atoms with van der Waals surface area (Å²) >= 11 is 0. The molecule has 552 valence electrons. The molecular formula is C54H87N3O39. The minimum absolute atomic E-state index is 0.670. The van der Waals surface area contributed by atoms with Gasteiger partial charge < -0.3 is 195 Å². The number of ether oxygens (including phenoxy) is 12. The van der Waals surface area contributed by atoms with Crippen molar-refractivity contribution in [2.24, 2.45) is 0 Å². The molecule has 42 heteroatoms. The van der Waals surface area contributed by atoms with Crippen molar-refractivity contribution in [2.45, 2.75) is 202 Å². The molecule has 0 radical (unpaired) electrons. The SMILES string of the molecule is O=C(NC(CO[C@H]1O[C@H](CO)[C@@H](O)[C@H](O)[C@@H]1O)CO[C@H]1O[C@H](CO)[C@@H](O)[C@H](O)[C@@H]1O)c1cc(C(=O)NC(CO[C@H]2O[C@H](CO)[C@@H](O)[C@H](O)[C@@H]2O)CO[C@H]2O[C@H](CO)[C@@H](O)[C@H](O)[C@@H]2O)cc(C(=O)NC(CO[C@H]2O[C@H](CO)[C@@H](O)[C@H](O)[C@@H]2O)CO[C@H]2O[C@H](CO)[C@@H](O)[C@H](O)[C@@H]2O)c1. The maximum Gasteiger partial charge on any atom is 0.251 e. The molecule has 6 aliphatic heterocycles. The second kappa shape index (κ2) is 36.2. The number of aliphatic hydroxyl groups is 24. The Kier molecular flexibility index (Phi) is 30.0. The molecule has 30 atom stereocenters. The van der Waals surface area contributed by atoms with Gasteiger partial charge in [0.05, 0.1) is 97.4 Å². The van der Waals surface area contributed by atoms with E-state index in [9.17, 15) is 137 Å². The highest BCUT2D eigenvalue weighted by molar-refractivity contribution is 6.04. The number of amides is 3. The maximum absolute atomic E-state index is 14.8. The Hall–Kier alpha value is -3.81. The molecule has 0 aromatic heterocycles. The first-order valence-corrected chi connectivity index (χ1v) is 30.1. The Morgan fingerprint density at radius 2 is 0.417 bits per heavy atom. The Labute approximate surface area is 542 Å². The molecule has 6 heterocycles. The summed E-state index contributed by atoms with van der Waals surface area (Å²) < 4.78 is 66.6. The minimum Gasteiger partial charge on any atom is -0.394 e. The van der Waals surface area contributed by atoms with Gasteiger partial charge in [0.2, 0.25) is 0 Å². The average Bonchev–Trinajstić information content (AvgIpc) is 0.887. The normalized spacial score (nSPS) is 40.8. The molecule has 0 aliphatic carbocycles. The zero-order valence-corrected chi connectivity index (χ0v) is 50.6. The number of hydrogen-bond acceptors (Lipinski definition) is 39. The molecule has 3 amide bonds. The molecular weight excluding hydrogens is 1310 g/mol. The number of rotatable bonds is 30. The Morgan fingerprint density at radius 3 is 0.552 bits per heavy atom. The standard InChI is InChI=1S/C54H87N3O39/c58-4-22-28(64)34(70)40(76)49(91-22)85-10-19(11-86-50-41(77)35(71)29(65)23(5-59)92-50)55-46(82)16-1-17(47(83)56-20(12-87-51-42(78)36(72)30(66)24(6-60)93-51)13-88-52-43(79)37(73)31(67)25(7-61)94-52)3-18(2-16)48(84)57-21(14-89-53-44(80)38(74)32(68)26(8-62)95-53)15-90-54-45(81)39(75)33(69)27(9-63)96-54/h1-3,19-45,49-54,58-81H,4-15H2,(H,55,82)(H,56,83)(H,57,84)/t22-,23-,24-,25-,26-,27-,28-,29-,30-,31-,32-,33-,34+,35+,36+,37+,38+,39+,40+,41+,42+,43+,44+,45+,49+,50+,51+,52+,53+,54+/m1/s1. The van der Waals surface area contributed by atoms with Crippen LogP contribution in [-0.2, 0) is 56.8 Å². The van der Waals surface area contributed by atoms with Crippen molar-refractivity contribution < 1.29 is 194 Å². The predicted molar refractivity (Wildman–Crippen MR) is 299 cm³/mol. The predicted octanol–water partition coefficient (Wildman–Crippen LogP) is -17.1. The molecule has 1 aromatic carbocycles. The summed E-state index contributed by atoms with van der Waals surface area (Å²) in [5.74, 6) is -3.87. The van der Waals surface area contributed by atoms with Crippen LogP contribution in [0.1, 0.15) is 31.1 Å². The average molecular weight is 1400 g/mol. The van der Waals surface area contributed by atoms with Crippen LogP contribution in [-0.4, -0.2) is 422 Å². The van der Waals surface area contributed by atoms with Crippen molar-refractivity contribution in [3.05, 3.63) is 34.9 Å². The fourth-order valence-corrected chi connectivity index (χ4v) is 10.7. The zero-order chi connectivity index (χ0) is 70.7. The van der Waals surface area contributed by atoms with Crippen LogP contribution < -0.4 is 16.0 Å². The van der Waals surface area contributed by atoms with E-state index in [0.717, 1.165) is 18.2 Å². The third-order valence-corrected chi connectivity index (χ3v) is 16.6. The summed E-state index contributed by atoms with van der Waals surface area (Å²) in [6, 6.07) is -2.36. The molecule has 42 nitrogen and oxygen atoms in total. The fraction of sp³-hybridized carbons (Fsp3) is 0.833. The van der Waals surface area contributed by atoms with E-state index in [4.69, 9.17) is 56.8 Å². The van der Waals surface area contributed by atoms with E-state index in [2.05, 4.69) is 16.0 Å². The zero-order valence-electron chi connectivity index (χ0n) is 50.6. The van der Waals surface area contributed by atoms with Crippen LogP contribution in [0.5, 0.6) is 0 Å². The van der Waals surface area contributed by atoms with Crippen LogP contribution in [0.2, 0.25) is 0 Å². The second-order valence-electron chi connectivity index (χ2n) is 23.5. The third-order valence-electron chi connectivity index (χ3n) is 16.6. The topological polar surface area (TPSA) is 684 Å². The smallest absolute Gasteiger partial charge is 0.251 e. The first-order chi connectivity index (χ1) is 45.5. The van der Waals surface area contributed by atoms with Gasteiger partial charge >= 0.3 is 0 Å².